The highest BCUT2D eigenvalue weighted by molar-refractivity contribution is 4.84. The standard InChI is InChI=1S/C15H33NO/c1-8-9-14(13(5)17)12(4)10-15(6,7)16-11(2)3/h11-14,16-17H,8-10H2,1-7H3/t12-,13+,14+/m0/s1. The first-order valence-corrected chi connectivity index (χ1v) is 7.15. The van der Waals surface area contributed by atoms with Crippen LogP contribution in [0.25, 0.3) is 0 Å². The molecule has 0 spiro atoms. The van der Waals surface area contributed by atoms with E-state index in [-0.39, 0.29) is 11.6 Å². The molecular weight excluding hydrogens is 210 g/mol. The van der Waals surface area contributed by atoms with Crippen LogP contribution in [0.15, 0.2) is 0 Å². The molecule has 0 unspecified atom stereocenters. The van der Waals surface area contributed by atoms with Crippen molar-refractivity contribution in [3.63, 3.8) is 0 Å². The summed E-state index contributed by atoms with van der Waals surface area (Å²) >= 11 is 0. The van der Waals surface area contributed by atoms with Gasteiger partial charge in [0.15, 0.2) is 0 Å². The Hall–Kier alpha value is -0.0800. The molecule has 0 radical (unpaired) electrons. The molecule has 0 fully saturated rings. The zero-order valence-electron chi connectivity index (χ0n) is 12.9. The molecule has 0 aliphatic heterocycles. The smallest absolute Gasteiger partial charge is 0.0542 e. The average Bonchev–Trinajstić information content (AvgIpc) is 2.09. The Balaban J connectivity index is 4.42. The fourth-order valence-electron chi connectivity index (χ4n) is 3.13. The highest BCUT2D eigenvalue weighted by Crippen LogP contribution is 2.28. The van der Waals surface area contributed by atoms with E-state index in [9.17, 15) is 5.11 Å². The molecule has 0 saturated heterocycles. The van der Waals surface area contributed by atoms with Crippen molar-refractivity contribution in [3.05, 3.63) is 0 Å². The second kappa shape index (κ2) is 7.38. The van der Waals surface area contributed by atoms with Gasteiger partial charge in [-0.15, -0.1) is 0 Å². The maximum atomic E-state index is 9.87. The predicted molar refractivity (Wildman–Crippen MR) is 76.2 cm³/mol. The Kier molecular flexibility index (Phi) is 7.34. The minimum Gasteiger partial charge on any atom is -0.393 e. The van der Waals surface area contributed by atoms with Crippen LogP contribution in [-0.4, -0.2) is 22.8 Å². The van der Waals surface area contributed by atoms with Gasteiger partial charge in [-0.2, -0.15) is 0 Å². The summed E-state index contributed by atoms with van der Waals surface area (Å²) in [5.41, 5.74) is 0.147. The van der Waals surface area contributed by atoms with E-state index in [1.807, 2.05) is 6.92 Å². The molecule has 0 rings (SSSR count). The number of aliphatic hydroxyl groups is 1. The summed E-state index contributed by atoms with van der Waals surface area (Å²) in [6.07, 6.45) is 3.19. The van der Waals surface area contributed by atoms with Crippen LogP contribution >= 0.6 is 0 Å². The van der Waals surface area contributed by atoms with Gasteiger partial charge in [-0.25, -0.2) is 0 Å². The lowest BCUT2D eigenvalue weighted by molar-refractivity contribution is 0.0730. The van der Waals surface area contributed by atoms with Crippen molar-refractivity contribution >= 4 is 0 Å². The molecule has 0 aromatic carbocycles. The van der Waals surface area contributed by atoms with Crippen LogP contribution in [0.1, 0.15) is 67.7 Å². The maximum absolute atomic E-state index is 9.87. The summed E-state index contributed by atoms with van der Waals surface area (Å²) in [4.78, 5) is 0. The van der Waals surface area contributed by atoms with Gasteiger partial charge in [0.1, 0.15) is 0 Å². The molecule has 0 heterocycles. The quantitative estimate of drug-likeness (QED) is 0.683. The highest BCUT2D eigenvalue weighted by Gasteiger charge is 2.28. The summed E-state index contributed by atoms with van der Waals surface area (Å²) < 4.78 is 0. The minimum absolute atomic E-state index is 0.147. The van der Waals surface area contributed by atoms with Crippen LogP contribution in [0.4, 0.5) is 0 Å². The van der Waals surface area contributed by atoms with Crippen molar-refractivity contribution in [2.45, 2.75) is 85.4 Å². The number of nitrogens with one attached hydrogen (secondary N) is 1. The maximum Gasteiger partial charge on any atom is 0.0542 e. The van der Waals surface area contributed by atoms with Crippen LogP contribution in [0, 0.1) is 11.8 Å². The second-order valence-electron chi connectivity index (χ2n) is 6.56. The summed E-state index contributed by atoms with van der Waals surface area (Å²) in [5.74, 6) is 0.976. The van der Waals surface area contributed by atoms with Gasteiger partial charge in [-0.3, -0.25) is 0 Å². The molecule has 2 heteroatoms. The average molecular weight is 243 g/mol. The lowest BCUT2D eigenvalue weighted by Crippen LogP contribution is -2.45. The first-order valence-electron chi connectivity index (χ1n) is 7.15. The van der Waals surface area contributed by atoms with Crippen LogP contribution < -0.4 is 5.32 Å². The first kappa shape index (κ1) is 16.9. The molecule has 0 aliphatic rings. The molecule has 104 valence electrons. The fraction of sp³-hybridized carbons (Fsp3) is 1.00. The Morgan fingerprint density at radius 3 is 2.00 bits per heavy atom. The van der Waals surface area contributed by atoms with E-state index < -0.39 is 0 Å². The van der Waals surface area contributed by atoms with Crippen LogP contribution in [0.5, 0.6) is 0 Å². The van der Waals surface area contributed by atoms with Gasteiger partial charge in [-0.05, 0) is 45.4 Å². The molecule has 0 bridgehead atoms. The van der Waals surface area contributed by atoms with E-state index in [4.69, 9.17) is 0 Å². The molecule has 2 N–H and O–H groups in total. The van der Waals surface area contributed by atoms with Crippen molar-refractivity contribution in [3.8, 4) is 0 Å². The molecule has 0 amide bonds. The molecule has 0 aliphatic carbocycles. The zero-order valence-corrected chi connectivity index (χ0v) is 12.9. The van der Waals surface area contributed by atoms with Crippen molar-refractivity contribution in [2.24, 2.45) is 11.8 Å². The SMILES string of the molecule is CCC[C@@H]([C@@H](C)O)[C@@H](C)CC(C)(C)NC(C)C. The number of rotatable bonds is 8. The lowest BCUT2D eigenvalue weighted by atomic mass is 9.78. The van der Waals surface area contributed by atoms with Crippen molar-refractivity contribution < 1.29 is 5.11 Å². The molecule has 0 aromatic rings. The van der Waals surface area contributed by atoms with Crippen LogP contribution in [0.3, 0.4) is 0 Å². The molecule has 0 saturated carbocycles. The van der Waals surface area contributed by atoms with Gasteiger partial charge >= 0.3 is 0 Å². The molecular formula is C15H33NO. The Morgan fingerprint density at radius 1 is 1.12 bits per heavy atom. The number of aliphatic hydroxyl groups excluding tert-OH is 1. The molecule has 0 aromatic heterocycles. The summed E-state index contributed by atoms with van der Waals surface area (Å²) in [6.45, 7) is 15.3. The third kappa shape index (κ3) is 7.05. The van der Waals surface area contributed by atoms with E-state index in [1.54, 1.807) is 0 Å². The Morgan fingerprint density at radius 2 is 1.65 bits per heavy atom. The van der Waals surface area contributed by atoms with Gasteiger partial charge < -0.3 is 10.4 Å². The summed E-state index contributed by atoms with van der Waals surface area (Å²) in [5, 5.41) is 13.5. The topological polar surface area (TPSA) is 32.3 Å². The Labute approximate surface area is 108 Å². The minimum atomic E-state index is -0.195. The number of hydrogen-bond acceptors (Lipinski definition) is 2. The molecule has 17 heavy (non-hydrogen) atoms. The van der Waals surface area contributed by atoms with Crippen LogP contribution in [0.2, 0.25) is 0 Å². The van der Waals surface area contributed by atoms with E-state index >= 15 is 0 Å². The monoisotopic (exact) mass is 243 g/mol. The van der Waals surface area contributed by atoms with Gasteiger partial charge in [0, 0.05) is 11.6 Å². The van der Waals surface area contributed by atoms with Gasteiger partial charge in [0.2, 0.25) is 0 Å². The van der Waals surface area contributed by atoms with Crippen molar-refractivity contribution in [2.75, 3.05) is 0 Å². The van der Waals surface area contributed by atoms with Crippen LogP contribution in [-0.2, 0) is 0 Å². The fourth-order valence-corrected chi connectivity index (χ4v) is 3.13. The normalized spacial score (nSPS) is 18.2. The van der Waals surface area contributed by atoms with E-state index in [0.29, 0.717) is 17.9 Å². The third-order valence-electron chi connectivity index (χ3n) is 3.48. The lowest BCUT2D eigenvalue weighted by Gasteiger charge is -2.35. The predicted octanol–water partition coefficient (Wildman–Crippen LogP) is 3.59. The highest BCUT2D eigenvalue weighted by atomic mass is 16.3. The third-order valence-corrected chi connectivity index (χ3v) is 3.48. The van der Waals surface area contributed by atoms with Crippen molar-refractivity contribution in [1.29, 1.82) is 0 Å². The largest absolute Gasteiger partial charge is 0.393 e. The van der Waals surface area contributed by atoms with Gasteiger partial charge in [0.25, 0.3) is 0 Å². The Bertz CT molecular complexity index is 199. The second-order valence-corrected chi connectivity index (χ2v) is 6.56. The summed E-state index contributed by atoms with van der Waals surface area (Å²) in [6, 6.07) is 0.508. The molecule has 3 atom stereocenters. The van der Waals surface area contributed by atoms with E-state index in [0.717, 1.165) is 19.3 Å². The first-order chi connectivity index (χ1) is 7.69. The van der Waals surface area contributed by atoms with E-state index in [1.165, 1.54) is 0 Å². The zero-order chi connectivity index (χ0) is 13.6. The number of hydrogen-bond donors (Lipinski definition) is 2. The van der Waals surface area contributed by atoms with Gasteiger partial charge in [-0.1, -0.05) is 34.1 Å². The van der Waals surface area contributed by atoms with E-state index in [2.05, 4.69) is 46.9 Å². The summed E-state index contributed by atoms with van der Waals surface area (Å²) in [7, 11) is 0. The van der Waals surface area contributed by atoms with Gasteiger partial charge in [0.05, 0.1) is 6.10 Å². The van der Waals surface area contributed by atoms with Crippen molar-refractivity contribution in [1.82, 2.24) is 5.32 Å². The molecule has 2 nitrogen and oxygen atoms in total.